The van der Waals surface area contributed by atoms with Gasteiger partial charge in [0, 0.05) is 17.8 Å². The normalized spacial score (nSPS) is 32.3. The zero-order chi connectivity index (χ0) is 8.73. The molecule has 0 amide bonds. The first-order valence-corrected chi connectivity index (χ1v) is 5.70. The van der Waals surface area contributed by atoms with Gasteiger partial charge in [0.15, 0.2) is 0 Å². The summed E-state index contributed by atoms with van der Waals surface area (Å²) in [5, 5.41) is 5.59. The lowest BCUT2D eigenvalue weighted by molar-refractivity contribution is -0.0438. The smallest absolute Gasteiger partial charge is 0.108 e. The number of thiophene rings is 1. The summed E-state index contributed by atoms with van der Waals surface area (Å²) >= 11 is 1.88. The van der Waals surface area contributed by atoms with Crippen LogP contribution in [0.3, 0.4) is 0 Å². The van der Waals surface area contributed by atoms with Gasteiger partial charge in [0.2, 0.25) is 0 Å². The van der Waals surface area contributed by atoms with Gasteiger partial charge >= 0.3 is 0 Å². The Labute approximate surface area is 81.9 Å². The van der Waals surface area contributed by atoms with Crippen LogP contribution in [0.5, 0.6) is 0 Å². The van der Waals surface area contributed by atoms with E-state index in [1.165, 1.54) is 10.4 Å². The molecule has 70 valence electrons. The molecule has 0 radical (unpaired) electrons. The average molecular weight is 195 g/mol. The Kier molecular flexibility index (Phi) is 1.72. The van der Waals surface area contributed by atoms with E-state index in [0.29, 0.717) is 0 Å². The van der Waals surface area contributed by atoms with Gasteiger partial charge in [-0.1, -0.05) is 0 Å². The molecule has 2 nitrogen and oxygen atoms in total. The first-order valence-electron chi connectivity index (χ1n) is 4.82. The highest BCUT2D eigenvalue weighted by molar-refractivity contribution is 7.10. The molecule has 0 aliphatic carbocycles. The van der Waals surface area contributed by atoms with Crippen LogP contribution in [0.1, 0.15) is 16.9 Å². The highest BCUT2D eigenvalue weighted by atomic mass is 32.1. The van der Waals surface area contributed by atoms with Crippen molar-refractivity contribution in [1.29, 1.82) is 0 Å². The van der Waals surface area contributed by atoms with Gasteiger partial charge in [-0.2, -0.15) is 0 Å². The SMILES string of the molecule is c1cc2c(s1)CCOC21CCNC1. The van der Waals surface area contributed by atoms with Crippen LogP contribution in [0.2, 0.25) is 0 Å². The van der Waals surface area contributed by atoms with Crippen LogP contribution in [0.25, 0.3) is 0 Å². The maximum absolute atomic E-state index is 5.96. The lowest BCUT2D eigenvalue weighted by Crippen LogP contribution is -2.36. The van der Waals surface area contributed by atoms with Crippen molar-refractivity contribution in [3.63, 3.8) is 0 Å². The molecule has 3 rings (SSSR count). The highest BCUT2D eigenvalue weighted by Crippen LogP contribution is 2.39. The molecular weight excluding hydrogens is 182 g/mol. The molecule has 1 fully saturated rings. The molecule has 2 aliphatic heterocycles. The predicted molar refractivity (Wildman–Crippen MR) is 53.1 cm³/mol. The number of hydrogen-bond donors (Lipinski definition) is 1. The van der Waals surface area contributed by atoms with Gasteiger partial charge in [-0.25, -0.2) is 0 Å². The van der Waals surface area contributed by atoms with Crippen molar-refractivity contribution in [3.8, 4) is 0 Å². The van der Waals surface area contributed by atoms with Gasteiger partial charge in [0.05, 0.1) is 6.61 Å². The fourth-order valence-electron chi connectivity index (χ4n) is 2.38. The molecule has 0 saturated carbocycles. The van der Waals surface area contributed by atoms with Crippen molar-refractivity contribution in [2.24, 2.45) is 0 Å². The van der Waals surface area contributed by atoms with Crippen molar-refractivity contribution in [2.45, 2.75) is 18.4 Å². The summed E-state index contributed by atoms with van der Waals surface area (Å²) in [4.78, 5) is 1.54. The third-order valence-electron chi connectivity index (χ3n) is 3.06. The quantitative estimate of drug-likeness (QED) is 0.677. The molecule has 1 aromatic rings. The summed E-state index contributed by atoms with van der Waals surface area (Å²) in [5.41, 5.74) is 1.49. The number of rotatable bonds is 0. The van der Waals surface area contributed by atoms with Crippen LogP contribution in [-0.4, -0.2) is 19.7 Å². The van der Waals surface area contributed by atoms with E-state index < -0.39 is 0 Å². The third kappa shape index (κ3) is 1.08. The van der Waals surface area contributed by atoms with Crippen molar-refractivity contribution in [3.05, 3.63) is 21.9 Å². The highest BCUT2D eigenvalue weighted by Gasteiger charge is 2.40. The first-order chi connectivity index (χ1) is 6.41. The maximum Gasteiger partial charge on any atom is 0.108 e. The molecule has 1 saturated heterocycles. The average Bonchev–Trinajstić information content (AvgIpc) is 2.74. The summed E-state index contributed by atoms with van der Waals surface area (Å²) in [6, 6.07) is 2.24. The maximum atomic E-state index is 5.96. The third-order valence-corrected chi connectivity index (χ3v) is 4.04. The number of fused-ring (bicyclic) bond motifs is 2. The van der Waals surface area contributed by atoms with Gasteiger partial charge in [-0.05, 0) is 30.0 Å². The predicted octanol–water partition coefficient (Wildman–Crippen LogP) is 1.51. The zero-order valence-electron chi connectivity index (χ0n) is 7.51. The molecule has 0 aromatic carbocycles. The number of ether oxygens (including phenoxy) is 1. The molecule has 0 bridgehead atoms. The Morgan fingerprint density at radius 3 is 3.38 bits per heavy atom. The van der Waals surface area contributed by atoms with Crippen LogP contribution < -0.4 is 5.32 Å². The minimum Gasteiger partial charge on any atom is -0.368 e. The van der Waals surface area contributed by atoms with E-state index in [2.05, 4.69) is 16.8 Å². The topological polar surface area (TPSA) is 21.3 Å². The van der Waals surface area contributed by atoms with Crippen LogP contribution in [-0.2, 0) is 16.8 Å². The van der Waals surface area contributed by atoms with Crippen molar-refractivity contribution < 1.29 is 4.74 Å². The van der Waals surface area contributed by atoms with E-state index in [-0.39, 0.29) is 5.60 Å². The first kappa shape index (κ1) is 7.97. The van der Waals surface area contributed by atoms with Gasteiger partial charge in [-0.15, -0.1) is 11.3 Å². The molecular formula is C10H13NOS. The van der Waals surface area contributed by atoms with Crippen LogP contribution in [0.4, 0.5) is 0 Å². The fraction of sp³-hybridized carbons (Fsp3) is 0.600. The van der Waals surface area contributed by atoms with E-state index in [1.54, 1.807) is 0 Å². The minimum atomic E-state index is 0.0353. The lowest BCUT2D eigenvalue weighted by Gasteiger charge is -2.33. The van der Waals surface area contributed by atoms with Crippen LogP contribution >= 0.6 is 11.3 Å². The Hall–Kier alpha value is -0.380. The van der Waals surface area contributed by atoms with Crippen molar-refractivity contribution in [2.75, 3.05) is 19.7 Å². The molecule has 1 atom stereocenters. The van der Waals surface area contributed by atoms with Gasteiger partial charge in [0.1, 0.15) is 5.60 Å². The van der Waals surface area contributed by atoms with Gasteiger partial charge in [0.25, 0.3) is 0 Å². The summed E-state index contributed by atoms with van der Waals surface area (Å²) < 4.78 is 5.96. The van der Waals surface area contributed by atoms with Crippen molar-refractivity contribution >= 4 is 11.3 Å². The summed E-state index contributed by atoms with van der Waals surface area (Å²) in [5.74, 6) is 0. The van der Waals surface area contributed by atoms with E-state index in [9.17, 15) is 0 Å². The summed E-state index contributed by atoms with van der Waals surface area (Å²) in [6.45, 7) is 2.99. The summed E-state index contributed by atoms with van der Waals surface area (Å²) in [7, 11) is 0. The molecule has 1 unspecified atom stereocenters. The van der Waals surface area contributed by atoms with Gasteiger partial charge in [-0.3, -0.25) is 0 Å². The number of nitrogens with one attached hydrogen (secondary N) is 1. The minimum absolute atomic E-state index is 0.0353. The van der Waals surface area contributed by atoms with Crippen LogP contribution in [0.15, 0.2) is 11.4 Å². The number of hydrogen-bond acceptors (Lipinski definition) is 3. The molecule has 13 heavy (non-hydrogen) atoms. The molecule has 3 heterocycles. The Bertz CT molecular complexity index is 314. The van der Waals surface area contributed by atoms with Gasteiger partial charge < -0.3 is 10.1 Å². The zero-order valence-corrected chi connectivity index (χ0v) is 8.32. The molecule has 1 spiro atoms. The van der Waals surface area contributed by atoms with E-state index >= 15 is 0 Å². The standard InChI is InChI=1S/C10H13NOS/c1-5-12-10(3-4-11-7-10)8-2-6-13-9(1)8/h2,6,11H,1,3-5,7H2. The fourth-order valence-corrected chi connectivity index (χ4v) is 3.33. The monoisotopic (exact) mass is 195 g/mol. The second-order valence-electron chi connectivity index (χ2n) is 3.78. The second-order valence-corrected chi connectivity index (χ2v) is 4.78. The Morgan fingerprint density at radius 1 is 1.54 bits per heavy atom. The largest absolute Gasteiger partial charge is 0.368 e. The Balaban J connectivity index is 2.08. The molecule has 2 aliphatic rings. The van der Waals surface area contributed by atoms with Crippen LogP contribution in [0, 0.1) is 0 Å². The molecule has 3 heteroatoms. The van der Waals surface area contributed by atoms with E-state index in [0.717, 1.165) is 32.5 Å². The molecule has 1 aromatic heterocycles. The summed E-state index contributed by atoms with van der Waals surface area (Å²) in [6.07, 6.45) is 2.24. The second kappa shape index (κ2) is 2.80. The Morgan fingerprint density at radius 2 is 2.54 bits per heavy atom. The van der Waals surface area contributed by atoms with E-state index in [4.69, 9.17) is 4.74 Å². The lowest BCUT2D eigenvalue weighted by atomic mass is 9.90. The molecule has 1 N–H and O–H groups in total. The van der Waals surface area contributed by atoms with Crippen molar-refractivity contribution in [1.82, 2.24) is 5.32 Å². The van der Waals surface area contributed by atoms with E-state index in [1.807, 2.05) is 11.3 Å².